The molecule has 0 fully saturated rings. The van der Waals surface area contributed by atoms with Gasteiger partial charge in [0.2, 0.25) is 0 Å². The minimum atomic E-state index is -0.152. The van der Waals surface area contributed by atoms with Crippen molar-refractivity contribution < 1.29 is 14.3 Å². The normalized spacial score (nSPS) is 9.15. The molecule has 0 aliphatic carbocycles. The van der Waals surface area contributed by atoms with Gasteiger partial charge in [0.15, 0.2) is 11.6 Å². The van der Waals surface area contributed by atoms with E-state index in [2.05, 4.69) is 0 Å². The van der Waals surface area contributed by atoms with Crippen LogP contribution in [0.3, 0.4) is 0 Å². The quantitative estimate of drug-likeness (QED) is 0.274. The summed E-state index contributed by atoms with van der Waals surface area (Å²) in [6, 6.07) is 0. The van der Waals surface area contributed by atoms with E-state index >= 15 is 0 Å². The van der Waals surface area contributed by atoms with Gasteiger partial charge < -0.3 is 4.74 Å². The molecule has 0 spiro atoms. The summed E-state index contributed by atoms with van der Waals surface area (Å²) in [6.45, 7) is 5.73. The monoisotopic (exact) mass is 184 g/mol. The predicted molar refractivity (Wildman–Crippen MR) is 50.3 cm³/mol. The maximum absolute atomic E-state index is 11.2. The highest BCUT2D eigenvalue weighted by Crippen LogP contribution is 2.04. The fourth-order valence-corrected chi connectivity index (χ4v) is 0.835. The van der Waals surface area contributed by atoms with Gasteiger partial charge in [-0.25, -0.2) is 0 Å². The molecule has 0 aromatic heterocycles. The number of ketones is 2. The molecule has 3 heteroatoms. The molecule has 0 aliphatic heterocycles. The summed E-state index contributed by atoms with van der Waals surface area (Å²) in [6.07, 6.45) is 1.95. The zero-order valence-electron chi connectivity index (χ0n) is 8.42. The highest BCUT2D eigenvalue weighted by molar-refractivity contribution is 6.19. The molecular formula is C10H16O3. The Morgan fingerprint density at radius 1 is 1.08 bits per heavy atom. The summed E-state index contributed by atoms with van der Waals surface area (Å²) >= 11 is 0. The van der Waals surface area contributed by atoms with Gasteiger partial charge in [-0.15, -0.1) is 0 Å². The van der Waals surface area contributed by atoms with Gasteiger partial charge in [0.05, 0.1) is 18.4 Å². The van der Waals surface area contributed by atoms with Crippen LogP contribution in [0.15, 0.2) is 11.8 Å². The van der Waals surface area contributed by atoms with Crippen LogP contribution >= 0.6 is 0 Å². The van der Waals surface area contributed by atoms with Crippen molar-refractivity contribution in [2.75, 3.05) is 6.61 Å². The second-order valence-electron chi connectivity index (χ2n) is 2.54. The van der Waals surface area contributed by atoms with Gasteiger partial charge in [-0.1, -0.05) is 13.8 Å². The van der Waals surface area contributed by atoms with Crippen molar-refractivity contribution in [3.63, 3.8) is 0 Å². The van der Waals surface area contributed by atoms with Gasteiger partial charge in [0.1, 0.15) is 0 Å². The molecule has 74 valence electrons. The van der Waals surface area contributed by atoms with Gasteiger partial charge in [-0.2, -0.15) is 0 Å². The lowest BCUT2D eigenvalue weighted by molar-refractivity contribution is -0.121. The van der Waals surface area contributed by atoms with Crippen molar-refractivity contribution in [1.82, 2.24) is 0 Å². The molecule has 0 aromatic carbocycles. The second kappa shape index (κ2) is 6.40. The van der Waals surface area contributed by atoms with Crippen LogP contribution in [0.25, 0.3) is 0 Å². The van der Waals surface area contributed by atoms with Gasteiger partial charge in [0.25, 0.3) is 0 Å². The van der Waals surface area contributed by atoms with Gasteiger partial charge in [-0.05, 0) is 6.92 Å². The van der Waals surface area contributed by atoms with Crippen molar-refractivity contribution in [2.24, 2.45) is 0 Å². The van der Waals surface area contributed by atoms with Crippen LogP contribution in [0.4, 0.5) is 0 Å². The molecule has 0 rings (SSSR count). The fourth-order valence-electron chi connectivity index (χ4n) is 0.835. The molecule has 0 unspecified atom stereocenters. The number of hydrogen-bond donors (Lipinski definition) is 0. The Labute approximate surface area is 78.8 Å². The summed E-state index contributed by atoms with van der Waals surface area (Å²) in [5, 5.41) is 0. The van der Waals surface area contributed by atoms with Gasteiger partial charge in [-0.3, -0.25) is 9.59 Å². The van der Waals surface area contributed by atoms with E-state index in [1.54, 1.807) is 20.8 Å². The fraction of sp³-hybridized carbons (Fsp3) is 0.600. The molecule has 0 aliphatic rings. The largest absolute Gasteiger partial charge is 0.501 e. The van der Waals surface area contributed by atoms with Crippen LogP contribution in [0, 0.1) is 0 Å². The van der Waals surface area contributed by atoms with E-state index < -0.39 is 0 Å². The van der Waals surface area contributed by atoms with E-state index in [0.29, 0.717) is 19.4 Å². The summed E-state index contributed by atoms with van der Waals surface area (Å²) in [7, 11) is 0. The third-order valence-corrected chi connectivity index (χ3v) is 1.61. The number of ether oxygens (including phenoxy) is 1. The van der Waals surface area contributed by atoms with Crippen molar-refractivity contribution in [2.45, 2.75) is 33.6 Å². The molecule has 0 saturated carbocycles. The first-order valence-corrected chi connectivity index (χ1v) is 4.55. The lowest BCUT2D eigenvalue weighted by atomic mass is 10.0. The average Bonchev–Trinajstić information content (AvgIpc) is 2.17. The smallest absolute Gasteiger partial charge is 0.169 e. The molecule has 3 nitrogen and oxygen atoms in total. The average molecular weight is 184 g/mol. The Kier molecular flexibility index (Phi) is 5.85. The number of rotatable bonds is 6. The van der Waals surface area contributed by atoms with Crippen LogP contribution in [0.2, 0.25) is 0 Å². The van der Waals surface area contributed by atoms with E-state index in [1.165, 1.54) is 6.26 Å². The van der Waals surface area contributed by atoms with E-state index in [9.17, 15) is 9.59 Å². The van der Waals surface area contributed by atoms with Gasteiger partial charge in [0, 0.05) is 12.8 Å². The van der Waals surface area contributed by atoms with Crippen LogP contribution in [-0.4, -0.2) is 18.2 Å². The first-order chi connectivity index (χ1) is 6.17. The Balaban J connectivity index is 4.54. The molecule has 0 radical (unpaired) electrons. The topological polar surface area (TPSA) is 43.4 Å². The van der Waals surface area contributed by atoms with Crippen LogP contribution < -0.4 is 0 Å². The second-order valence-corrected chi connectivity index (χ2v) is 2.54. The minimum absolute atomic E-state index is 0.152. The number of carbonyl (C=O) groups excluding carboxylic acids is 2. The van der Waals surface area contributed by atoms with Crippen molar-refractivity contribution in [3.8, 4) is 0 Å². The van der Waals surface area contributed by atoms with Gasteiger partial charge >= 0.3 is 0 Å². The SMILES string of the molecule is CCOC=C(C(=O)CC)C(=O)CC. The molecular weight excluding hydrogens is 168 g/mol. The Bertz CT molecular complexity index is 198. The Morgan fingerprint density at radius 2 is 1.54 bits per heavy atom. The summed E-state index contributed by atoms with van der Waals surface area (Å²) in [4.78, 5) is 22.5. The number of hydrogen-bond acceptors (Lipinski definition) is 3. The molecule has 0 aromatic rings. The molecule has 0 atom stereocenters. The van der Waals surface area contributed by atoms with Crippen LogP contribution in [0.1, 0.15) is 33.6 Å². The third kappa shape index (κ3) is 3.87. The third-order valence-electron chi connectivity index (χ3n) is 1.61. The van der Waals surface area contributed by atoms with E-state index in [4.69, 9.17) is 4.74 Å². The predicted octanol–water partition coefficient (Wildman–Crippen LogP) is 1.86. The number of carbonyl (C=O) groups is 2. The molecule has 0 amide bonds. The van der Waals surface area contributed by atoms with Crippen molar-refractivity contribution in [3.05, 3.63) is 11.8 Å². The first kappa shape index (κ1) is 11.9. The maximum Gasteiger partial charge on any atom is 0.169 e. The van der Waals surface area contributed by atoms with Crippen molar-refractivity contribution >= 4 is 11.6 Å². The van der Waals surface area contributed by atoms with E-state index in [1.807, 2.05) is 0 Å². The molecule has 0 saturated heterocycles. The summed E-state index contributed by atoms with van der Waals surface area (Å²) < 4.78 is 4.94. The zero-order chi connectivity index (χ0) is 10.3. The standard InChI is InChI=1S/C10H16O3/c1-4-9(11)8(7-13-6-3)10(12)5-2/h7H,4-6H2,1-3H3. The highest BCUT2D eigenvalue weighted by atomic mass is 16.5. The highest BCUT2D eigenvalue weighted by Gasteiger charge is 2.14. The Morgan fingerprint density at radius 3 is 1.85 bits per heavy atom. The summed E-state index contributed by atoms with van der Waals surface area (Å²) in [5.41, 5.74) is 0.187. The van der Waals surface area contributed by atoms with Crippen molar-refractivity contribution in [1.29, 1.82) is 0 Å². The lowest BCUT2D eigenvalue weighted by Crippen LogP contribution is -2.11. The van der Waals surface area contributed by atoms with Crippen LogP contribution in [-0.2, 0) is 14.3 Å². The van der Waals surface area contributed by atoms with Crippen LogP contribution in [0.5, 0.6) is 0 Å². The zero-order valence-corrected chi connectivity index (χ0v) is 8.42. The van der Waals surface area contributed by atoms with E-state index in [-0.39, 0.29) is 17.1 Å². The lowest BCUT2D eigenvalue weighted by Gasteiger charge is -2.02. The molecule has 0 bridgehead atoms. The summed E-state index contributed by atoms with van der Waals surface area (Å²) in [5.74, 6) is -0.305. The number of allylic oxidation sites excluding steroid dienone is 1. The minimum Gasteiger partial charge on any atom is -0.501 e. The first-order valence-electron chi connectivity index (χ1n) is 4.55. The maximum atomic E-state index is 11.2. The Hall–Kier alpha value is -1.12. The molecule has 13 heavy (non-hydrogen) atoms. The molecule has 0 N–H and O–H groups in total. The number of Topliss-reactive ketones (excluding diaryl/α,β-unsaturated/α-hetero) is 2. The van der Waals surface area contributed by atoms with E-state index in [0.717, 1.165) is 0 Å². The molecule has 0 heterocycles.